The number of benzene rings is 1. The Labute approximate surface area is 127 Å². The van der Waals surface area contributed by atoms with Gasteiger partial charge in [0.1, 0.15) is 23.6 Å². The van der Waals surface area contributed by atoms with Gasteiger partial charge >= 0.3 is 0 Å². The Bertz CT molecular complexity index is 848. The van der Waals surface area contributed by atoms with E-state index in [2.05, 4.69) is 31.8 Å². The summed E-state index contributed by atoms with van der Waals surface area (Å²) in [5.74, 6) is 0.946. The predicted octanol–water partition coefficient (Wildman–Crippen LogP) is 1.68. The van der Waals surface area contributed by atoms with Crippen LogP contribution in [-0.4, -0.2) is 59.4 Å². The second-order valence-corrected chi connectivity index (χ2v) is 5.76. The third kappa shape index (κ3) is 2.03. The Kier molecular flexibility index (Phi) is 3.04. The zero-order chi connectivity index (χ0) is 15.1. The number of anilines is 1. The third-order valence-corrected chi connectivity index (χ3v) is 4.32. The summed E-state index contributed by atoms with van der Waals surface area (Å²) < 4.78 is 0. The molecule has 0 saturated carbocycles. The van der Waals surface area contributed by atoms with Crippen LogP contribution in [-0.2, 0) is 0 Å². The molecule has 1 aromatic carbocycles. The minimum atomic E-state index is 0.660. The van der Waals surface area contributed by atoms with Gasteiger partial charge in [0.2, 0.25) is 0 Å². The molecule has 0 aliphatic carbocycles. The molecule has 3 heterocycles. The minimum absolute atomic E-state index is 0.660. The number of aromatic nitrogens is 3. The summed E-state index contributed by atoms with van der Waals surface area (Å²) in [5.41, 5.74) is 3.47. The molecule has 3 aromatic rings. The highest BCUT2D eigenvalue weighted by molar-refractivity contribution is 6.09. The Morgan fingerprint density at radius 2 is 2.00 bits per heavy atom. The van der Waals surface area contributed by atoms with E-state index >= 15 is 0 Å². The number of carbonyl (C=O) groups is 1. The van der Waals surface area contributed by atoms with Gasteiger partial charge in [-0.3, -0.25) is 4.79 Å². The number of aromatic amines is 1. The van der Waals surface area contributed by atoms with Crippen molar-refractivity contribution in [2.45, 2.75) is 0 Å². The Hall–Kier alpha value is -2.47. The second-order valence-electron chi connectivity index (χ2n) is 5.76. The van der Waals surface area contributed by atoms with E-state index in [-0.39, 0.29) is 0 Å². The highest BCUT2D eigenvalue weighted by Crippen LogP contribution is 2.29. The second kappa shape index (κ2) is 5.06. The van der Waals surface area contributed by atoms with Crippen LogP contribution >= 0.6 is 0 Å². The van der Waals surface area contributed by atoms with Crippen LogP contribution in [0.15, 0.2) is 24.5 Å². The standard InChI is InChI=1S/C16H17N5O/c1-20-4-6-21(7-5-20)16-15-14(17-10-18-16)12-8-11(9-22)2-3-13(12)19-15/h2-3,8-10,19H,4-7H2,1H3. The van der Waals surface area contributed by atoms with Gasteiger partial charge in [-0.2, -0.15) is 0 Å². The first kappa shape index (κ1) is 13.2. The lowest BCUT2D eigenvalue weighted by Crippen LogP contribution is -2.44. The lowest BCUT2D eigenvalue weighted by atomic mass is 10.1. The van der Waals surface area contributed by atoms with E-state index in [4.69, 9.17) is 0 Å². The maximum Gasteiger partial charge on any atom is 0.156 e. The fraction of sp³-hybridized carbons (Fsp3) is 0.312. The number of hydrogen-bond donors (Lipinski definition) is 1. The van der Waals surface area contributed by atoms with Gasteiger partial charge in [0, 0.05) is 42.6 Å². The first-order valence-corrected chi connectivity index (χ1v) is 7.41. The molecule has 1 N–H and O–H groups in total. The molecule has 1 aliphatic rings. The van der Waals surface area contributed by atoms with Crippen LogP contribution in [0.3, 0.4) is 0 Å². The largest absolute Gasteiger partial charge is 0.352 e. The molecule has 0 amide bonds. The van der Waals surface area contributed by atoms with E-state index in [1.807, 2.05) is 18.2 Å². The molecule has 1 saturated heterocycles. The average Bonchev–Trinajstić information content (AvgIpc) is 2.93. The first-order valence-electron chi connectivity index (χ1n) is 7.41. The van der Waals surface area contributed by atoms with Crippen molar-refractivity contribution in [3.05, 3.63) is 30.1 Å². The third-order valence-electron chi connectivity index (χ3n) is 4.32. The molecule has 112 valence electrons. The number of aldehydes is 1. The fourth-order valence-electron chi connectivity index (χ4n) is 3.03. The van der Waals surface area contributed by atoms with E-state index in [0.717, 1.165) is 60.2 Å². The van der Waals surface area contributed by atoms with Crippen LogP contribution in [0.25, 0.3) is 21.9 Å². The van der Waals surface area contributed by atoms with Gasteiger partial charge in [0.15, 0.2) is 5.82 Å². The number of rotatable bonds is 2. The van der Waals surface area contributed by atoms with E-state index in [0.29, 0.717) is 5.56 Å². The highest BCUT2D eigenvalue weighted by Gasteiger charge is 2.19. The van der Waals surface area contributed by atoms with Crippen molar-refractivity contribution in [2.24, 2.45) is 0 Å². The number of piperazine rings is 1. The molecule has 22 heavy (non-hydrogen) atoms. The van der Waals surface area contributed by atoms with Gasteiger partial charge < -0.3 is 14.8 Å². The zero-order valence-corrected chi connectivity index (χ0v) is 12.4. The molecule has 4 rings (SSSR count). The zero-order valence-electron chi connectivity index (χ0n) is 12.4. The molecular weight excluding hydrogens is 278 g/mol. The van der Waals surface area contributed by atoms with E-state index < -0.39 is 0 Å². The van der Waals surface area contributed by atoms with Crippen molar-refractivity contribution in [2.75, 3.05) is 38.1 Å². The van der Waals surface area contributed by atoms with Crippen molar-refractivity contribution in [1.82, 2.24) is 19.9 Å². The van der Waals surface area contributed by atoms with Crippen molar-refractivity contribution < 1.29 is 4.79 Å². The summed E-state index contributed by atoms with van der Waals surface area (Å²) in [4.78, 5) is 27.9. The number of nitrogens with zero attached hydrogens (tertiary/aromatic N) is 4. The van der Waals surface area contributed by atoms with Gasteiger partial charge in [-0.25, -0.2) is 9.97 Å². The smallest absolute Gasteiger partial charge is 0.156 e. The Morgan fingerprint density at radius 3 is 2.77 bits per heavy atom. The highest BCUT2D eigenvalue weighted by atomic mass is 16.1. The Morgan fingerprint density at radius 1 is 1.18 bits per heavy atom. The van der Waals surface area contributed by atoms with Crippen LogP contribution in [0.1, 0.15) is 10.4 Å². The number of hydrogen-bond acceptors (Lipinski definition) is 5. The monoisotopic (exact) mass is 295 g/mol. The van der Waals surface area contributed by atoms with Crippen molar-refractivity contribution in [3.8, 4) is 0 Å². The van der Waals surface area contributed by atoms with Crippen LogP contribution in [0.4, 0.5) is 5.82 Å². The number of nitrogens with one attached hydrogen (secondary N) is 1. The van der Waals surface area contributed by atoms with Gasteiger partial charge in [-0.1, -0.05) is 0 Å². The van der Waals surface area contributed by atoms with Crippen molar-refractivity contribution >= 4 is 34.0 Å². The van der Waals surface area contributed by atoms with E-state index in [1.165, 1.54) is 0 Å². The summed E-state index contributed by atoms with van der Waals surface area (Å²) in [6.07, 6.45) is 2.47. The maximum absolute atomic E-state index is 11.0. The number of H-pyrrole nitrogens is 1. The van der Waals surface area contributed by atoms with E-state index in [1.54, 1.807) is 6.33 Å². The van der Waals surface area contributed by atoms with Crippen LogP contribution in [0.5, 0.6) is 0 Å². The number of fused-ring (bicyclic) bond motifs is 3. The molecule has 2 aromatic heterocycles. The van der Waals surface area contributed by atoms with Crippen LogP contribution in [0.2, 0.25) is 0 Å². The number of likely N-dealkylation sites (N-methyl/N-ethyl adjacent to an activating group) is 1. The molecule has 1 aliphatic heterocycles. The summed E-state index contributed by atoms with van der Waals surface area (Å²) in [6.45, 7) is 3.97. The quantitative estimate of drug-likeness (QED) is 0.729. The minimum Gasteiger partial charge on any atom is -0.352 e. The molecule has 6 nitrogen and oxygen atoms in total. The fourth-order valence-corrected chi connectivity index (χ4v) is 3.03. The molecular formula is C16H17N5O. The molecule has 0 spiro atoms. The SMILES string of the molecule is CN1CCN(c2ncnc3c2[nH]c2ccc(C=O)cc23)CC1. The topological polar surface area (TPSA) is 65.1 Å². The molecule has 0 atom stereocenters. The molecule has 0 unspecified atom stereocenters. The summed E-state index contributed by atoms with van der Waals surface area (Å²) in [7, 11) is 2.14. The van der Waals surface area contributed by atoms with Gasteiger partial charge in [0.25, 0.3) is 0 Å². The molecule has 0 bridgehead atoms. The van der Waals surface area contributed by atoms with Gasteiger partial charge in [-0.15, -0.1) is 0 Å². The molecule has 1 fully saturated rings. The molecule has 0 radical (unpaired) electrons. The van der Waals surface area contributed by atoms with Gasteiger partial charge in [-0.05, 0) is 25.2 Å². The number of carbonyl (C=O) groups excluding carboxylic acids is 1. The van der Waals surface area contributed by atoms with Crippen LogP contribution in [0, 0.1) is 0 Å². The summed E-state index contributed by atoms with van der Waals surface area (Å²) >= 11 is 0. The Balaban J connectivity index is 1.87. The predicted molar refractivity (Wildman–Crippen MR) is 86.5 cm³/mol. The lowest BCUT2D eigenvalue weighted by Gasteiger charge is -2.33. The molecule has 6 heteroatoms. The normalized spacial score (nSPS) is 16.5. The van der Waals surface area contributed by atoms with Crippen LogP contribution < -0.4 is 4.90 Å². The first-order chi connectivity index (χ1) is 10.8. The maximum atomic E-state index is 11.0. The van der Waals surface area contributed by atoms with Gasteiger partial charge in [0.05, 0.1) is 0 Å². The van der Waals surface area contributed by atoms with E-state index in [9.17, 15) is 4.79 Å². The summed E-state index contributed by atoms with van der Waals surface area (Å²) in [6, 6.07) is 5.62. The average molecular weight is 295 g/mol. The summed E-state index contributed by atoms with van der Waals surface area (Å²) in [5, 5.41) is 0.970. The van der Waals surface area contributed by atoms with Crippen molar-refractivity contribution in [3.63, 3.8) is 0 Å². The lowest BCUT2D eigenvalue weighted by molar-refractivity contribution is 0.112. The van der Waals surface area contributed by atoms with Crippen molar-refractivity contribution in [1.29, 1.82) is 0 Å².